The van der Waals surface area contributed by atoms with Crippen LogP contribution < -0.4 is 0 Å². The fourth-order valence-corrected chi connectivity index (χ4v) is 3.31. The molecule has 2 heterocycles. The standard InChI is InChI=1S/C14H14N2S/c1-10-14(12-7-8-16(2)9-15-12)11-5-3-4-6-13(11)17-10/h3-9,12H,1-2H3. The molecule has 0 spiro atoms. The molecule has 1 aliphatic rings. The van der Waals surface area contributed by atoms with E-state index in [1.807, 2.05) is 29.6 Å². The van der Waals surface area contributed by atoms with Gasteiger partial charge in [-0.25, -0.2) is 0 Å². The van der Waals surface area contributed by atoms with E-state index >= 15 is 0 Å². The zero-order valence-corrected chi connectivity index (χ0v) is 10.7. The molecule has 1 atom stereocenters. The van der Waals surface area contributed by atoms with Gasteiger partial charge in [0.25, 0.3) is 0 Å². The number of hydrogen-bond acceptors (Lipinski definition) is 3. The van der Waals surface area contributed by atoms with Crippen LogP contribution in [0.3, 0.4) is 0 Å². The topological polar surface area (TPSA) is 15.6 Å². The minimum absolute atomic E-state index is 0.169. The van der Waals surface area contributed by atoms with Crippen LogP contribution in [0.25, 0.3) is 10.1 Å². The highest BCUT2D eigenvalue weighted by Gasteiger charge is 2.17. The molecule has 1 aromatic heterocycles. The second-order valence-corrected chi connectivity index (χ2v) is 5.54. The fraction of sp³-hybridized carbons (Fsp3) is 0.214. The monoisotopic (exact) mass is 242 g/mol. The van der Waals surface area contributed by atoms with Gasteiger partial charge in [-0.1, -0.05) is 18.2 Å². The molecule has 2 aromatic rings. The Morgan fingerprint density at radius 1 is 1.29 bits per heavy atom. The molecule has 0 amide bonds. The molecule has 0 saturated carbocycles. The van der Waals surface area contributed by atoms with Gasteiger partial charge in [-0.2, -0.15) is 0 Å². The predicted molar refractivity (Wildman–Crippen MR) is 74.7 cm³/mol. The van der Waals surface area contributed by atoms with Crippen molar-refractivity contribution in [1.29, 1.82) is 0 Å². The van der Waals surface area contributed by atoms with Gasteiger partial charge in [0.2, 0.25) is 0 Å². The summed E-state index contributed by atoms with van der Waals surface area (Å²) in [4.78, 5) is 7.92. The van der Waals surface area contributed by atoms with Crippen molar-refractivity contribution in [2.45, 2.75) is 13.0 Å². The van der Waals surface area contributed by atoms with E-state index in [-0.39, 0.29) is 6.04 Å². The first kappa shape index (κ1) is 10.5. The summed E-state index contributed by atoms with van der Waals surface area (Å²) in [6.07, 6.45) is 6.11. The first-order valence-electron chi connectivity index (χ1n) is 5.67. The van der Waals surface area contributed by atoms with Crippen molar-refractivity contribution in [2.75, 3.05) is 7.05 Å². The lowest BCUT2D eigenvalue weighted by molar-refractivity contribution is 0.667. The summed E-state index contributed by atoms with van der Waals surface area (Å²) >= 11 is 1.85. The Hall–Kier alpha value is -1.61. The third kappa shape index (κ3) is 1.76. The fourth-order valence-electron chi connectivity index (χ4n) is 2.21. The van der Waals surface area contributed by atoms with Gasteiger partial charge < -0.3 is 4.90 Å². The maximum atomic E-state index is 4.58. The van der Waals surface area contributed by atoms with Crippen LogP contribution in [0.5, 0.6) is 0 Å². The molecule has 0 radical (unpaired) electrons. The minimum Gasteiger partial charge on any atom is -0.343 e. The van der Waals surface area contributed by atoms with Crippen molar-refractivity contribution in [3.8, 4) is 0 Å². The Morgan fingerprint density at radius 3 is 2.88 bits per heavy atom. The molecule has 1 unspecified atom stereocenters. The van der Waals surface area contributed by atoms with Gasteiger partial charge in [-0.3, -0.25) is 4.99 Å². The average Bonchev–Trinajstić information content (AvgIpc) is 2.66. The van der Waals surface area contributed by atoms with Crippen molar-refractivity contribution in [1.82, 2.24) is 4.90 Å². The highest BCUT2D eigenvalue weighted by atomic mass is 32.1. The Bertz CT molecular complexity index is 596. The molecule has 17 heavy (non-hydrogen) atoms. The number of nitrogens with zero attached hydrogens (tertiary/aromatic N) is 2. The van der Waals surface area contributed by atoms with Crippen molar-refractivity contribution in [3.63, 3.8) is 0 Å². The van der Waals surface area contributed by atoms with Gasteiger partial charge >= 0.3 is 0 Å². The van der Waals surface area contributed by atoms with E-state index in [0.717, 1.165) is 0 Å². The Morgan fingerprint density at radius 2 is 2.12 bits per heavy atom. The van der Waals surface area contributed by atoms with Crippen LogP contribution in [0.4, 0.5) is 0 Å². The average molecular weight is 242 g/mol. The summed E-state index contributed by atoms with van der Waals surface area (Å²) in [5, 5.41) is 1.34. The maximum Gasteiger partial charge on any atom is 0.0981 e. The third-order valence-corrected chi connectivity index (χ3v) is 4.13. The molecule has 0 fully saturated rings. The second-order valence-electron chi connectivity index (χ2n) is 4.28. The Balaban J connectivity index is 2.14. The van der Waals surface area contributed by atoms with Crippen LogP contribution in [0.1, 0.15) is 16.5 Å². The number of thiophene rings is 1. The third-order valence-electron chi connectivity index (χ3n) is 3.03. The van der Waals surface area contributed by atoms with Crippen LogP contribution >= 0.6 is 11.3 Å². The highest BCUT2D eigenvalue weighted by molar-refractivity contribution is 7.19. The van der Waals surface area contributed by atoms with Gasteiger partial charge in [0, 0.05) is 28.4 Å². The molecule has 0 N–H and O–H groups in total. The quantitative estimate of drug-likeness (QED) is 0.744. The van der Waals surface area contributed by atoms with Gasteiger partial charge in [-0.15, -0.1) is 11.3 Å². The summed E-state index contributed by atoms with van der Waals surface area (Å²) in [5.41, 5.74) is 1.35. The minimum atomic E-state index is 0.169. The van der Waals surface area contributed by atoms with E-state index in [0.29, 0.717) is 0 Å². The van der Waals surface area contributed by atoms with Crippen molar-refractivity contribution in [3.05, 3.63) is 47.0 Å². The smallest absolute Gasteiger partial charge is 0.0981 e. The normalized spacial score (nSPS) is 19.2. The van der Waals surface area contributed by atoms with Gasteiger partial charge in [0.15, 0.2) is 0 Å². The molecule has 86 valence electrons. The second kappa shape index (κ2) is 4.00. The summed E-state index contributed by atoms with van der Waals surface area (Å²) in [5.74, 6) is 0. The molecule has 3 rings (SSSR count). The number of rotatable bonds is 1. The zero-order valence-electron chi connectivity index (χ0n) is 9.92. The molecule has 3 heteroatoms. The highest BCUT2D eigenvalue weighted by Crippen LogP contribution is 2.37. The van der Waals surface area contributed by atoms with Gasteiger partial charge in [0.05, 0.1) is 12.4 Å². The number of aryl methyl sites for hydroxylation is 1. The molecule has 0 saturated heterocycles. The number of benzene rings is 1. The SMILES string of the molecule is Cc1sc2ccccc2c1C1C=CN(C)C=N1. The van der Waals surface area contributed by atoms with E-state index in [2.05, 4.69) is 48.5 Å². The molecule has 1 aromatic carbocycles. The van der Waals surface area contributed by atoms with Crippen molar-refractivity contribution in [2.24, 2.45) is 4.99 Å². The maximum absolute atomic E-state index is 4.58. The van der Waals surface area contributed by atoms with Gasteiger partial charge in [0.1, 0.15) is 0 Å². The lowest BCUT2D eigenvalue weighted by atomic mass is 10.0. The zero-order chi connectivity index (χ0) is 11.8. The van der Waals surface area contributed by atoms with E-state index < -0.39 is 0 Å². The number of aliphatic imine (C=N–C) groups is 1. The number of fused-ring (bicyclic) bond motifs is 1. The summed E-state index contributed by atoms with van der Waals surface area (Å²) in [6.45, 7) is 2.18. The van der Waals surface area contributed by atoms with Crippen LogP contribution in [0, 0.1) is 6.92 Å². The van der Waals surface area contributed by atoms with E-state index in [1.54, 1.807) is 0 Å². The van der Waals surface area contributed by atoms with Crippen molar-refractivity contribution >= 4 is 27.8 Å². The molecule has 1 aliphatic heterocycles. The summed E-state index contributed by atoms with van der Waals surface area (Å²) < 4.78 is 1.35. The Labute approximate surface area is 105 Å². The van der Waals surface area contributed by atoms with Crippen LogP contribution in [0.15, 0.2) is 41.5 Å². The van der Waals surface area contributed by atoms with Crippen molar-refractivity contribution < 1.29 is 0 Å². The lowest BCUT2D eigenvalue weighted by Crippen LogP contribution is -2.13. The number of hydrogen-bond donors (Lipinski definition) is 0. The van der Waals surface area contributed by atoms with Crippen LogP contribution in [0.2, 0.25) is 0 Å². The predicted octanol–water partition coefficient (Wildman–Crippen LogP) is 3.74. The molecule has 2 nitrogen and oxygen atoms in total. The molecular formula is C14H14N2S. The molecular weight excluding hydrogens is 228 g/mol. The summed E-state index contributed by atoms with van der Waals surface area (Å²) in [7, 11) is 1.99. The van der Waals surface area contributed by atoms with E-state index in [9.17, 15) is 0 Å². The van der Waals surface area contributed by atoms with Crippen LogP contribution in [-0.2, 0) is 0 Å². The van der Waals surface area contributed by atoms with Gasteiger partial charge in [-0.05, 0) is 24.5 Å². The van der Waals surface area contributed by atoms with E-state index in [4.69, 9.17) is 0 Å². The van der Waals surface area contributed by atoms with Crippen LogP contribution in [-0.4, -0.2) is 18.3 Å². The first-order valence-corrected chi connectivity index (χ1v) is 6.49. The molecule has 0 aliphatic carbocycles. The Kier molecular flexibility index (Phi) is 2.48. The lowest BCUT2D eigenvalue weighted by Gasteiger charge is -2.17. The summed E-state index contributed by atoms with van der Waals surface area (Å²) in [6, 6.07) is 8.73. The van der Waals surface area contributed by atoms with E-state index in [1.165, 1.54) is 20.5 Å². The first-order chi connectivity index (χ1) is 8.25. The molecule has 0 bridgehead atoms. The largest absolute Gasteiger partial charge is 0.343 e.